The lowest BCUT2D eigenvalue weighted by Gasteiger charge is -2.48. The van der Waals surface area contributed by atoms with Gasteiger partial charge in [0.05, 0.1) is 18.8 Å². The van der Waals surface area contributed by atoms with Crippen molar-refractivity contribution in [2.45, 2.75) is 112 Å². The largest absolute Gasteiger partial charge is 0.493 e. The Morgan fingerprint density at radius 3 is 1.90 bits per heavy atom. The predicted molar refractivity (Wildman–Crippen MR) is 128 cm³/mol. The fourth-order valence-electron chi connectivity index (χ4n) is 6.04. The first-order valence-corrected chi connectivity index (χ1v) is 12.6. The van der Waals surface area contributed by atoms with Gasteiger partial charge < -0.3 is 9.47 Å². The van der Waals surface area contributed by atoms with Gasteiger partial charge in [-0.05, 0) is 78.4 Å². The van der Waals surface area contributed by atoms with Crippen LogP contribution in [0.3, 0.4) is 0 Å². The molecule has 2 fully saturated rings. The molecule has 0 N–H and O–H groups in total. The van der Waals surface area contributed by atoms with Crippen molar-refractivity contribution in [3.8, 4) is 5.75 Å². The van der Waals surface area contributed by atoms with Crippen LogP contribution in [0.2, 0.25) is 0 Å². The van der Waals surface area contributed by atoms with E-state index in [1.807, 2.05) is 0 Å². The van der Waals surface area contributed by atoms with Gasteiger partial charge in [-0.2, -0.15) is 0 Å². The molecule has 170 valence electrons. The topological polar surface area (TPSA) is 18.5 Å². The van der Waals surface area contributed by atoms with Crippen LogP contribution in [0.1, 0.15) is 110 Å². The standard InChI is InChI=1S/C14H20O.C14H26O/c1-9(2)11-5-6-13-12(7-8-15-13)14(11)10(3)4;1-9(2)11-8-12(10(3)4)14-7-5-6-13(11)15-14/h5-6,9-10H,7-8H2,1-4H3;9-14H,5-8H2,1-4H3. The molecule has 0 saturated carbocycles. The minimum Gasteiger partial charge on any atom is -0.493 e. The first-order chi connectivity index (χ1) is 14.2. The fourth-order valence-corrected chi connectivity index (χ4v) is 6.04. The van der Waals surface area contributed by atoms with Crippen LogP contribution >= 0.6 is 0 Å². The highest BCUT2D eigenvalue weighted by Gasteiger charge is 2.42. The molecule has 0 aromatic heterocycles. The average molecular weight is 415 g/mol. The van der Waals surface area contributed by atoms with Crippen molar-refractivity contribution in [2.75, 3.05) is 6.61 Å². The average Bonchev–Trinajstić information content (AvgIpc) is 3.16. The molecule has 2 bridgehead atoms. The Bertz CT molecular complexity index is 668. The van der Waals surface area contributed by atoms with Gasteiger partial charge in [-0.15, -0.1) is 0 Å². The molecule has 0 radical (unpaired) electrons. The molecule has 2 saturated heterocycles. The molecule has 3 aliphatic rings. The maximum atomic E-state index is 6.27. The molecule has 3 heterocycles. The molecule has 0 spiro atoms. The Labute approximate surface area is 186 Å². The van der Waals surface area contributed by atoms with Crippen molar-refractivity contribution in [3.63, 3.8) is 0 Å². The molecular weight excluding hydrogens is 368 g/mol. The number of ether oxygens (including phenoxy) is 2. The van der Waals surface area contributed by atoms with Crippen molar-refractivity contribution < 1.29 is 9.47 Å². The summed E-state index contributed by atoms with van der Waals surface area (Å²) in [7, 11) is 0. The van der Waals surface area contributed by atoms with Gasteiger partial charge in [0, 0.05) is 12.0 Å². The zero-order chi connectivity index (χ0) is 22.0. The molecule has 0 aliphatic carbocycles. The Hall–Kier alpha value is -1.02. The molecule has 1 aromatic rings. The van der Waals surface area contributed by atoms with Crippen LogP contribution in [0, 0.1) is 23.7 Å². The van der Waals surface area contributed by atoms with E-state index in [2.05, 4.69) is 67.5 Å². The number of benzene rings is 1. The summed E-state index contributed by atoms with van der Waals surface area (Å²) in [6.07, 6.45) is 7.67. The second-order valence-corrected chi connectivity index (χ2v) is 11.1. The van der Waals surface area contributed by atoms with Crippen LogP contribution in [0.5, 0.6) is 5.75 Å². The van der Waals surface area contributed by atoms with Crippen molar-refractivity contribution in [3.05, 3.63) is 28.8 Å². The lowest BCUT2D eigenvalue weighted by molar-refractivity contribution is -0.161. The van der Waals surface area contributed by atoms with Crippen molar-refractivity contribution in [1.29, 1.82) is 0 Å². The number of fused-ring (bicyclic) bond motifs is 3. The summed E-state index contributed by atoms with van der Waals surface area (Å²) in [5.74, 6) is 5.52. The molecule has 4 atom stereocenters. The molecule has 1 aromatic carbocycles. The van der Waals surface area contributed by atoms with Crippen LogP contribution < -0.4 is 4.74 Å². The summed E-state index contributed by atoms with van der Waals surface area (Å²) in [6.45, 7) is 19.4. The lowest BCUT2D eigenvalue weighted by Crippen LogP contribution is -2.47. The maximum absolute atomic E-state index is 6.27. The van der Waals surface area contributed by atoms with E-state index in [1.165, 1.54) is 42.4 Å². The molecule has 4 rings (SSSR count). The van der Waals surface area contributed by atoms with E-state index < -0.39 is 0 Å². The Balaban J connectivity index is 0.000000171. The maximum Gasteiger partial charge on any atom is 0.122 e. The van der Waals surface area contributed by atoms with E-state index in [-0.39, 0.29) is 0 Å². The van der Waals surface area contributed by atoms with Crippen LogP contribution in [0.25, 0.3) is 0 Å². The normalized spacial score (nSPS) is 27.9. The van der Waals surface area contributed by atoms with Gasteiger partial charge in [-0.1, -0.05) is 61.5 Å². The third-order valence-corrected chi connectivity index (χ3v) is 7.70. The van der Waals surface area contributed by atoms with Gasteiger partial charge in [-0.25, -0.2) is 0 Å². The van der Waals surface area contributed by atoms with Crippen LogP contribution in [0.15, 0.2) is 12.1 Å². The summed E-state index contributed by atoms with van der Waals surface area (Å²) in [5, 5.41) is 0. The van der Waals surface area contributed by atoms with Gasteiger partial charge in [-0.3, -0.25) is 0 Å². The van der Waals surface area contributed by atoms with Crippen molar-refractivity contribution in [1.82, 2.24) is 0 Å². The predicted octanol–water partition coefficient (Wildman–Crippen LogP) is 7.74. The second kappa shape index (κ2) is 10.1. The second-order valence-electron chi connectivity index (χ2n) is 11.1. The minimum atomic E-state index is 0.582. The Morgan fingerprint density at radius 2 is 1.40 bits per heavy atom. The van der Waals surface area contributed by atoms with Crippen LogP contribution in [0.4, 0.5) is 0 Å². The SMILES string of the molecule is CC(C)C1CC(C(C)C)C2CCCC1O2.CC(C)c1ccc2c(c1C(C)C)CCO2. The molecule has 4 unspecified atom stereocenters. The summed E-state index contributed by atoms with van der Waals surface area (Å²) >= 11 is 0. The molecular formula is C28H46O2. The van der Waals surface area contributed by atoms with Crippen molar-refractivity contribution in [2.24, 2.45) is 23.7 Å². The van der Waals surface area contributed by atoms with Gasteiger partial charge in [0.25, 0.3) is 0 Å². The van der Waals surface area contributed by atoms with E-state index in [4.69, 9.17) is 9.47 Å². The van der Waals surface area contributed by atoms with E-state index in [1.54, 1.807) is 0 Å². The number of hydrogen-bond donors (Lipinski definition) is 0. The van der Waals surface area contributed by atoms with Gasteiger partial charge >= 0.3 is 0 Å². The van der Waals surface area contributed by atoms with Crippen LogP contribution in [-0.4, -0.2) is 18.8 Å². The summed E-state index contributed by atoms with van der Waals surface area (Å²) < 4.78 is 11.9. The molecule has 3 aliphatic heterocycles. The number of rotatable bonds is 4. The highest BCUT2D eigenvalue weighted by atomic mass is 16.5. The number of hydrogen-bond acceptors (Lipinski definition) is 2. The minimum absolute atomic E-state index is 0.582. The summed E-state index contributed by atoms with van der Waals surface area (Å²) in [4.78, 5) is 0. The third kappa shape index (κ3) is 5.06. The molecule has 2 nitrogen and oxygen atoms in total. The highest BCUT2D eigenvalue weighted by molar-refractivity contribution is 5.49. The van der Waals surface area contributed by atoms with E-state index >= 15 is 0 Å². The smallest absolute Gasteiger partial charge is 0.122 e. The molecule has 0 amide bonds. The highest BCUT2D eigenvalue weighted by Crippen LogP contribution is 2.44. The first kappa shape index (κ1) is 23.6. The zero-order valence-electron chi connectivity index (χ0n) is 20.8. The van der Waals surface area contributed by atoms with E-state index in [9.17, 15) is 0 Å². The lowest BCUT2D eigenvalue weighted by atomic mass is 9.70. The van der Waals surface area contributed by atoms with Crippen molar-refractivity contribution >= 4 is 0 Å². The Kier molecular flexibility index (Phi) is 7.93. The molecule has 30 heavy (non-hydrogen) atoms. The van der Waals surface area contributed by atoms with Gasteiger partial charge in [0.1, 0.15) is 5.75 Å². The third-order valence-electron chi connectivity index (χ3n) is 7.70. The fraction of sp³-hybridized carbons (Fsp3) is 0.786. The van der Waals surface area contributed by atoms with Gasteiger partial charge in [0.15, 0.2) is 0 Å². The summed E-state index contributed by atoms with van der Waals surface area (Å²) in [6, 6.07) is 4.38. The van der Waals surface area contributed by atoms with Crippen LogP contribution in [-0.2, 0) is 11.2 Å². The zero-order valence-corrected chi connectivity index (χ0v) is 20.8. The Morgan fingerprint density at radius 1 is 0.800 bits per heavy atom. The molecule has 2 heteroatoms. The van der Waals surface area contributed by atoms with E-state index in [0.29, 0.717) is 24.0 Å². The first-order valence-electron chi connectivity index (χ1n) is 12.6. The van der Waals surface area contributed by atoms with E-state index in [0.717, 1.165) is 42.4 Å². The monoisotopic (exact) mass is 414 g/mol. The summed E-state index contributed by atoms with van der Waals surface area (Å²) in [5.41, 5.74) is 4.48. The quantitative estimate of drug-likeness (QED) is 0.501. The van der Waals surface area contributed by atoms with Gasteiger partial charge in [0.2, 0.25) is 0 Å².